The normalized spacial score (nSPS) is 23.4. The summed E-state index contributed by atoms with van der Waals surface area (Å²) in [6.07, 6.45) is 1.45. The molecule has 3 N–H and O–H groups in total. The Kier molecular flexibility index (Phi) is 3.11. The fourth-order valence-electron chi connectivity index (χ4n) is 2.20. The molecule has 0 amide bonds. The smallest absolute Gasteiger partial charge is 0.158 e. The molecule has 2 atom stereocenters. The van der Waals surface area contributed by atoms with Crippen LogP contribution in [0.15, 0.2) is 48.6 Å². The molecule has 88 valence electrons. The summed E-state index contributed by atoms with van der Waals surface area (Å²) >= 11 is 0. The van der Waals surface area contributed by atoms with E-state index in [1.165, 1.54) is 0 Å². The van der Waals surface area contributed by atoms with E-state index in [0.717, 1.165) is 16.8 Å². The maximum absolute atomic E-state index is 11.7. The molecule has 0 saturated carbocycles. The quantitative estimate of drug-likeness (QED) is 0.774. The molecule has 1 aliphatic heterocycles. The maximum atomic E-state index is 11.7. The van der Waals surface area contributed by atoms with Crippen molar-refractivity contribution in [2.75, 3.05) is 0 Å². The van der Waals surface area contributed by atoms with Crippen LogP contribution >= 0.6 is 0 Å². The summed E-state index contributed by atoms with van der Waals surface area (Å²) in [5.74, 6) is -0.0862. The first-order valence-electron chi connectivity index (χ1n) is 5.60. The van der Waals surface area contributed by atoms with E-state index in [0.29, 0.717) is 0 Å². The Bertz CT molecular complexity index is 476. The molecule has 0 aliphatic carbocycles. The van der Waals surface area contributed by atoms with Crippen LogP contribution in [0.3, 0.4) is 0 Å². The molecule has 0 saturated heterocycles. The third kappa shape index (κ3) is 2.01. The Hall–Kier alpha value is -1.87. The van der Waals surface area contributed by atoms with Crippen molar-refractivity contribution in [3.05, 3.63) is 54.1 Å². The Morgan fingerprint density at radius 3 is 2.59 bits per heavy atom. The van der Waals surface area contributed by atoms with Crippen molar-refractivity contribution in [2.45, 2.75) is 13.1 Å². The molecule has 1 aromatic carbocycles. The van der Waals surface area contributed by atoms with Crippen molar-refractivity contribution >= 4 is 11.5 Å². The number of nitrogens with one attached hydrogen (secondary N) is 1. The Labute approximate surface area is 101 Å². The van der Waals surface area contributed by atoms with Crippen LogP contribution in [0.1, 0.15) is 12.5 Å². The van der Waals surface area contributed by atoms with Crippen LogP contribution in [-0.4, -0.2) is 11.9 Å². The van der Waals surface area contributed by atoms with Crippen molar-refractivity contribution in [2.24, 2.45) is 11.7 Å². The second-order valence-corrected chi connectivity index (χ2v) is 4.14. The second kappa shape index (κ2) is 4.55. The number of carbonyl (C=O) groups excluding carboxylic acids is 1. The Balaban J connectivity index is 2.52. The van der Waals surface area contributed by atoms with Gasteiger partial charge in [0.2, 0.25) is 0 Å². The fraction of sp³-hybridized carbons (Fsp3) is 0.214. The number of ketones is 1. The van der Waals surface area contributed by atoms with Gasteiger partial charge in [-0.3, -0.25) is 4.79 Å². The second-order valence-electron chi connectivity index (χ2n) is 4.14. The summed E-state index contributed by atoms with van der Waals surface area (Å²) in [4.78, 5) is 11.7. The lowest BCUT2D eigenvalue weighted by atomic mass is 9.94. The first-order chi connectivity index (χ1) is 8.15. The standard InChI is InChI=1S/C14H16N2O/c1-3-11-12(9(2)17)13(16-14(11)15)10-7-5-4-6-8-10/h3-8,11,14,16H,1,15H2,2H3. The minimum atomic E-state index is -0.276. The molecule has 2 unspecified atom stereocenters. The van der Waals surface area contributed by atoms with E-state index in [2.05, 4.69) is 11.9 Å². The third-order valence-corrected chi connectivity index (χ3v) is 3.00. The predicted octanol–water partition coefficient (Wildman–Crippen LogP) is 1.68. The zero-order chi connectivity index (χ0) is 12.4. The van der Waals surface area contributed by atoms with Crippen LogP contribution in [0, 0.1) is 5.92 Å². The van der Waals surface area contributed by atoms with Crippen LogP contribution in [-0.2, 0) is 4.79 Å². The summed E-state index contributed by atoms with van der Waals surface area (Å²) in [5, 5.41) is 3.17. The lowest BCUT2D eigenvalue weighted by molar-refractivity contribution is -0.113. The lowest BCUT2D eigenvalue weighted by Crippen LogP contribution is -2.36. The molecular weight excluding hydrogens is 212 g/mol. The van der Waals surface area contributed by atoms with E-state index in [1.54, 1.807) is 13.0 Å². The topological polar surface area (TPSA) is 55.1 Å². The van der Waals surface area contributed by atoms with Gasteiger partial charge in [-0.15, -0.1) is 6.58 Å². The van der Waals surface area contributed by atoms with E-state index < -0.39 is 0 Å². The molecule has 0 spiro atoms. The van der Waals surface area contributed by atoms with E-state index in [-0.39, 0.29) is 17.9 Å². The predicted molar refractivity (Wildman–Crippen MR) is 68.8 cm³/mol. The van der Waals surface area contributed by atoms with Gasteiger partial charge in [0.25, 0.3) is 0 Å². The molecule has 1 aromatic rings. The zero-order valence-corrected chi connectivity index (χ0v) is 9.81. The van der Waals surface area contributed by atoms with E-state index in [4.69, 9.17) is 5.73 Å². The van der Waals surface area contributed by atoms with Crippen LogP contribution in [0.4, 0.5) is 0 Å². The zero-order valence-electron chi connectivity index (χ0n) is 9.81. The summed E-state index contributed by atoms with van der Waals surface area (Å²) in [7, 11) is 0. The van der Waals surface area contributed by atoms with Crippen LogP contribution < -0.4 is 11.1 Å². The number of nitrogens with two attached hydrogens (primary N) is 1. The van der Waals surface area contributed by atoms with Crippen molar-refractivity contribution in [3.63, 3.8) is 0 Å². The molecule has 0 radical (unpaired) electrons. The minimum absolute atomic E-state index is 0.0363. The number of carbonyl (C=O) groups is 1. The number of benzene rings is 1. The van der Waals surface area contributed by atoms with Crippen LogP contribution in [0.25, 0.3) is 5.70 Å². The summed E-state index contributed by atoms with van der Waals surface area (Å²) in [6.45, 7) is 5.31. The van der Waals surface area contributed by atoms with Crippen molar-refractivity contribution < 1.29 is 4.79 Å². The molecule has 2 rings (SSSR count). The first-order valence-corrected chi connectivity index (χ1v) is 5.60. The highest BCUT2D eigenvalue weighted by Gasteiger charge is 2.32. The van der Waals surface area contributed by atoms with Crippen molar-refractivity contribution in [1.29, 1.82) is 0 Å². The van der Waals surface area contributed by atoms with Gasteiger partial charge in [0.15, 0.2) is 5.78 Å². The number of hydrogen-bond donors (Lipinski definition) is 2. The minimum Gasteiger partial charge on any atom is -0.368 e. The molecule has 17 heavy (non-hydrogen) atoms. The highest BCUT2D eigenvalue weighted by molar-refractivity contribution is 6.02. The van der Waals surface area contributed by atoms with E-state index in [9.17, 15) is 4.79 Å². The molecule has 0 fully saturated rings. The first kappa shape index (κ1) is 11.6. The largest absolute Gasteiger partial charge is 0.368 e. The van der Waals surface area contributed by atoms with Gasteiger partial charge >= 0.3 is 0 Å². The van der Waals surface area contributed by atoms with Gasteiger partial charge in [0.05, 0.1) is 11.9 Å². The number of Topliss-reactive ketones (excluding diaryl/α,β-unsaturated/α-hetero) is 1. The third-order valence-electron chi connectivity index (χ3n) is 3.00. The van der Waals surface area contributed by atoms with Gasteiger partial charge in [-0.05, 0) is 12.5 Å². The SMILES string of the molecule is C=CC1C(C(C)=O)=C(c2ccccc2)NC1N. The number of hydrogen-bond acceptors (Lipinski definition) is 3. The highest BCUT2D eigenvalue weighted by atomic mass is 16.1. The van der Waals surface area contributed by atoms with Crippen LogP contribution in [0.2, 0.25) is 0 Å². The van der Waals surface area contributed by atoms with E-state index >= 15 is 0 Å². The van der Waals surface area contributed by atoms with Crippen molar-refractivity contribution in [1.82, 2.24) is 5.32 Å². The average molecular weight is 228 g/mol. The highest BCUT2D eigenvalue weighted by Crippen LogP contribution is 2.31. The Morgan fingerprint density at radius 1 is 1.41 bits per heavy atom. The lowest BCUT2D eigenvalue weighted by Gasteiger charge is -2.12. The van der Waals surface area contributed by atoms with Gasteiger partial charge in [-0.25, -0.2) is 0 Å². The van der Waals surface area contributed by atoms with Gasteiger partial charge in [0, 0.05) is 11.5 Å². The number of rotatable bonds is 3. The molecular formula is C14H16N2O. The Morgan fingerprint density at radius 2 is 2.06 bits per heavy atom. The average Bonchev–Trinajstić information content (AvgIpc) is 2.67. The van der Waals surface area contributed by atoms with Crippen LogP contribution in [0.5, 0.6) is 0 Å². The summed E-state index contributed by atoms with van der Waals surface area (Å²) < 4.78 is 0. The molecule has 3 heteroatoms. The maximum Gasteiger partial charge on any atom is 0.158 e. The van der Waals surface area contributed by atoms with Crippen molar-refractivity contribution in [3.8, 4) is 0 Å². The summed E-state index contributed by atoms with van der Waals surface area (Å²) in [5.41, 5.74) is 8.50. The molecule has 1 aliphatic rings. The monoisotopic (exact) mass is 228 g/mol. The molecule has 1 heterocycles. The molecule has 3 nitrogen and oxygen atoms in total. The van der Waals surface area contributed by atoms with Gasteiger partial charge < -0.3 is 11.1 Å². The summed E-state index contributed by atoms with van der Waals surface area (Å²) in [6, 6.07) is 9.74. The van der Waals surface area contributed by atoms with Gasteiger partial charge in [-0.2, -0.15) is 0 Å². The van der Waals surface area contributed by atoms with Gasteiger partial charge in [-0.1, -0.05) is 36.4 Å². The molecule has 0 bridgehead atoms. The van der Waals surface area contributed by atoms with E-state index in [1.807, 2.05) is 30.3 Å². The fourth-order valence-corrected chi connectivity index (χ4v) is 2.20. The molecule has 0 aromatic heterocycles. The van der Waals surface area contributed by atoms with Gasteiger partial charge in [0.1, 0.15) is 0 Å².